The Bertz CT molecular complexity index is 499. The fraction of sp³-hybridized carbons (Fsp3) is 0.533. The van der Waals surface area contributed by atoms with Gasteiger partial charge in [-0.3, -0.25) is 14.9 Å². The molecule has 1 aliphatic carbocycles. The molecule has 0 atom stereocenters. The largest absolute Gasteiger partial charge is 0.496 e. The highest BCUT2D eigenvalue weighted by Gasteiger charge is 2.25. The number of benzene rings is 1. The zero-order chi connectivity index (χ0) is 16.5. The lowest BCUT2D eigenvalue weighted by Gasteiger charge is -2.32. The van der Waals surface area contributed by atoms with Crippen molar-refractivity contribution in [3.63, 3.8) is 0 Å². The lowest BCUT2D eigenvalue weighted by atomic mass is 9.77. The van der Waals surface area contributed by atoms with Crippen LogP contribution >= 0.6 is 0 Å². The van der Waals surface area contributed by atoms with Crippen LogP contribution in [0.1, 0.15) is 19.8 Å². The quantitative estimate of drug-likeness (QED) is 0.456. The Morgan fingerprint density at radius 1 is 1.27 bits per heavy atom. The van der Waals surface area contributed by atoms with Gasteiger partial charge < -0.3 is 14.2 Å². The second-order valence-corrected chi connectivity index (χ2v) is 5.21. The molecule has 1 saturated carbocycles. The molecule has 0 bridgehead atoms. The standard InChI is InChI=1S/C13H17NO4.C2H4O2/c1-9-3-10(4-9)8-18-13-6-11(14(15)16)5-12(7-13)17-2;1-4-2-3/h5-7,9-10H,3-4,8H2,1-2H3;2H,1H3. The van der Waals surface area contributed by atoms with Crippen molar-refractivity contribution >= 4 is 12.2 Å². The Morgan fingerprint density at radius 3 is 2.32 bits per heavy atom. The summed E-state index contributed by atoms with van der Waals surface area (Å²) in [6.07, 6.45) is 2.35. The van der Waals surface area contributed by atoms with Gasteiger partial charge in [-0.1, -0.05) is 6.92 Å². The predicted molar refractivity (Wildman–Crippen MR) is 80.1 cm³/mol. The van der Waals surface area contributed by atoms with Crippen LogP contribution in [-0.4, -0.2) is 32.2 Å². The third-order valence-corrected chi connectivity index (χ3v) is 3.36. The van der Waals surface area contributed by atoms with Crippen LogP contribution in [0.5, 0.6) is 11.5 Å². The van der Waals surface area contributed by atoms with Crippen molar-refractivity contribution in [1.29, 1.82) is 0 Å². The topological polar surface area (TPSA) is 87.9 Å². The summed E-state index contributed by atoms with van der Waals surface area (Å²) in [5, 5.41) is 10.8. The first-order valence-electron chi connectivity index (χ1n) is 6.92. The van der Waals surface area contributed by atoms with Gasteiger partial charge in [0, 0.05) is 6.07 Å². The first kappa shape index (κ1) is 17.7. The van der Waals surface area contributed by atoms with E-state index in [2.05, 4.69) is 11.7 Å². The van der Waals surface area contributed by atoms with Crippen LogP contribution in [0.2, 0.25) is 0 Å². The van der Waals surface area contributed by atoms with E-state index in [0.717, 1.165) is 5.92 Å². The fourth-order valence-electron chi connectivity index (χ4n) is 2.28. The fourth-order valence-corrected chi connectivity index (χ4v) is 2.28. The number of rotatable bonds is 6. The van der Waals surface area contributed by atoms with E-state index in [0.29, 0.717) is 30.5 Å². The van der Waals surface area contributed by atoms with Gasteiger partial charge in [0.1, 0.15) is 11.5 Å². The van der Waals surface area contributed by atoms with Gasteiger partial charge in [-0.25, -0.2) is 0 Å². The van der Waals surface area contributed by atoms with Crippen LogP contribution in [0.25, 0.3) is 0 Å². The van der Waals surface area contributed by atoms with Crippen LogP contribution in [0, 0.1) is 22.0 Å². The molecule has 7 nitrogen and oxygen atoms in total. The molecule has 1 fully saturated rings. The maximum Gasteiger partial charge on any atom is 0.292 e. The highest BCUT2D eigenvalue weighted by molar-refractivity contribution is 5.46. The van der Waals surface area contributed by atoms with E-state index in [-0.39, 0.29) is 5.69 Å². The lowest BCUT2D eigenvalue weighted by molar-refractivity contribution is -0.385. The molecule has 0 aromatic heterocycles. The van der Waals surface area contributed by atoms with Crippen LogP contribution in [0.3, 0.4) is 0 Å². The summed E-state index contributed by atoms with van der Waals surface area (Å²) < 4.78 is 14.5. The third kappa shape index (κ3) is 5.59. The number of hydrogen-bond donors (Lipinski definition) is 0. The summed E-state index contributed by atoms with van der Waals surface area (Å²) in [5.41, 5.74) is -0.00803. The molecule has 0 saturated heterocycles. The summed E-state index contributed by atoms with van der Waals surface area (Å²) in [6.45, 7) is 3.21. The van der Waals surface area contributed by atoms with Crippen LogP contribution in [0.15, 0.2) is 18.2 Å². The Hall–Kier alpha value is -2.31. The smallest absolute Gasteiger partial charge is 0.292 e. The molecule has 0 amide bonds. The van der Waals surface area contributed by atoms with Crippen molar-refractivity contribution in [2.24, 2.45) is 11.8 Å². The van der Waals surface area contributed by atoms with Gasteiger partial charge in [-0.15, -0.1) is 0 Å². The minimum atomic E-state index is -0.444. The summed E-state index contributed by atoms with van der Waals surface area (Å²) >= 11 is 0. The SMILES string of the molecule is COC=O.COc1cc(OCC2CC(C)C2)cc([N+](=O)[O-])c1. The van der Waals surface area contributed by atoms with Crippen LogP contribution in [-0.2, 0) is 9.53 Å². The first-order chi connectivity index (χ1) is 10.5. The monoisotopic (exact) mass is 311 g/mol. The van der Waals surface area contributed by atoms with Crippen LogP contribution in [0.4, 0.5) is 5.69 Å². The zero-order valence-corrected chi connectivity index (χ0v) is 13.0. The zero-order valence-electron chi connectivity index (χ0n) is 13.0. The number of nitro benzene ring substituents is 1. The molecule has 122 valence electrons. The molecule has 0 unspecified atom stereocenters. The van der Waals surface area contributed by atoms with Gasteiger partial charge in [-0.05, 0) is 24.7 Å². The van der Waals surface area contributed by atoms with E-state index < -0.39 is 4.92 Å². The molecule has 0 radical (unpaired) electrons. The molecule has 0 heterocycles. The van der Waals surface area contributed by atoms with E-state index in [1.807, 2.05) is 0 Å². The maximum atomic E-state index is 10.8. The average molecular weight is 311 g/mol. The predicted octanol–water partition coefficient (Wildman–Crippen LogP) is 2.82. The minimum absolute atomic E-state index is 0.00803. The van der Waals surface area contributed by atoms with Crippen molar-refractivity contribution in [1.82, 2.24) is 0 Å². The second-order valence-electron chi connectivity index (χ2n) is 5.21. The average Bonchev–Trinajstić information content (AvgIpc) is 2.50. The number of methoxy groups -OCH3 is 2. The lowest BCUT2D eigenvalue weighted by Crippen LogP contribution is -2.26. The van der Waals surface area contributed by atoms with E-state index in [4.69, 9.17) is 14.3 Å². The molecular weight excluding hydrogens is 290 g/mol. The van der Waals surface area contributed by atoms with E-state index in [9.17, 15) is 10.1 Å². The molecule has 7 heteroatoms. The molecule has 1 aromatic rings. The highest BCUT2D eigenvalue weighted by Crippen LogP contribution is 2.34. The molecule has 1 aliphatic rings. The van der Waals surface area contributed by atoms with Crippen molar-refractivity contribution < 1.29 is 23.9 Å². The summed E-state index contributed by atoms with van der Waals surface area (Å²) in [5.74, 6) is 2.30. The minimum Gasteiger partial charge on any atom is -0.496 e. The van der Waals surface area contributed by atoms with Crippen LogP contribution < -0.4 is 9.47 Å². The van der Waals surface area contributed by atoms with Gasteiger partial charge in [0.25, 0.3) is 12.2 Å². The number of nitrogens with zero attached hydrogens (tertiary/aromatic N) is 1. The molecule has 22 heavy (non-hydrogen) atoms. The van der Waals surface area contributed by atoms with Crippen molar-refractivity contribution in [2.45, 2.75) is 19.8 Å². The normalized spacial score (nSPS) is 19.0. The van der Waals surface area contributed by atoms with E-state index in [1.165, 1.54) is 39.2 Å². The number of nitro groups is 1. The first-order valence-corrected chi connectivity index (χ1v) is 6.92. The maximum absolute atomic E-state index is 10.8. The summed E-state index contributed by atoms with van der Waals surface area (Å²) in [7, 11) is 2.80. The van der Waals surface area contributed by atoms with Gasteiger partial charge in [0.05, 0.1) is 37.9 Å². The Morgan fingerprint density at radius 2 is 1.86 bits per heavy atom. The Balaban J connectivity index is 0.000000541. The third-order valence-electron chi connectivity index (χ3n) is 3.36. The van der Waals surface area contributed by atoms with Gasteiger partial charge >= 0.3 is 0 Å². The highest BCUT2D eigenvalue weighted by atomic mass is 16.6. The van der Waals surface area contributed by atoms with Gasteiger partial charge in [0.2, 0.25) is 0 Å². The van der Waals surface area contributed by atoms with Crippen molar-refractivity contribution in [3.8, 4) is 11.5 Å². The molecule has 0 aliphatic heterocycles. The summed E-state index contributed by atoms with van der Waals surface area (Å²) in [6, 6.07) is 4.50. The van der Waals surface area contributed by atoms with Crippen molar-refractivity contribution in [3.05, 3.63) is 28.3 Å². The number of hydrogen-bond acceptors (Lipinski definition) is 6. The molecule has 2 rings (SSSR count). The summed E-state index contributed by atoms with van der Waals surface area (Å²) in [4.78, 5) is 19.3. The number of carbonyl (C=O) groups is 1. The number of non-ortho nitro benzene ring substituents is 1. The molecule has 0 N–H and O–H groups in total. The van der Waals surface area contributed by atoms with E-state index in [1.54, 1.807) is 6.07 Å². The second kappa shape index (κ2) is 8.86. The Labute approximate surface area is 129 Å². The van der Waals surface area contributed by atoms with E-state index >= 15 is 0 Å². The van der Waals surface area contributed by atoms with Gasteiger partial charge in [0.15, 0.2) is 0 Å². The Kier molecular flexibility index (Phi) is 7.15. The number of carbonyl (C=O) groups excluding carboxylic acids is 1. The molecule has 0 spiro atoms. The molecule has 1 aromatic carbocycles. The van der Waals surface area contributed by atoms with Gasteiger partial charge in [-0.2, -0.15) is 0 Å². The van der Waals surface area contributed by atoms with Crippen molar-refractivity contribution in [2.75, 3.05) is 20.8 Å². The number of ether oxygens (including phenoxy) is 3. The molecular formula is C15H21NO6.